The Hall–Kier alpha value is -3.13. The highest BCUT2D eigenvalue weighted by Gasteiger charge is 2.43. The van der Waals surface area contributed by atoms with Crippen LogP contribution in [0, 0.1) is 5.82 Å². The lowest BCUT2D eigenvalue weighted by atomic mass is 9.79. The number of hydrogen-bond acceptors (Lipinski definition) is 6. The quantitative estimate of drug-likeness (QED) is 0.555. The van der Waals surface area contributed by atoms with Gasteiger partial charge in [0.2, 0.25) is 0 Å². The first-order valence-electron chi connectivity index (χ1n) is 8.61. The predicted octanol–water partition coefficient (Wildman–Crippen LogP) is 2.86. The van der Waals surface area contributed by atoms with Gasteiger partial charge in [-0.05, 0) is 30.2 Å². The summed E-state index contributed by atoms with van der Waals surface area (Å²) in [4.78, 5) is 13.3. The summed E-state index contributed by atoms with van der Waals surface area (Å²) >= 11 is 0. The first kappa shape index (κ1) is 16.1. The Labute approximate surface area is 153 Å². The van der Waals surface area contributed by atoms with Gasteiger partial charge in [-0.3, -0.25) is 0 Å². The molecular weight excluding hydrogens is 349 g/mol. The van der Waals surface area contributed by atoms with E-state index in [9.17, 15) is 4.39 Å². The van der Waals surface area contributed by atoms with Gasteiger partial charge in [-0.15, -0.1) is 0 Å². The van der Waals surface area contributed by atoms with E-state index in [0.29, 0.717) is 36.9 Å². The second-order valence-corrected chi connectivity index (χ2v) is 6.74. The standard InChI is InChI=1S/C19H16FN5O2/c1-25-11-22-15-8-12(9-21-16(15)25)17-23-18(24-27-17)19(6-7-26-10-19)13-2-4-14(20)5-3-13/h2-5,8-9,11H,6-7,10H2,1H3/t19-/m0/s1. The molecule has 4 aromatic rings. The number of nitrogens with zero attached hydrogens (tertiary/aromatic N) is 5. The number of pyridine rings is 1. The molecule has 7 nitrogen and oxygen atoms in total. The summed E-state index contributed by atoms with van der Waals surface area (Å²) in [5, 5.41) is 4.22. The van der Waals surface area contributed by atoms with Gasteiger partial charge in [-0.2, -0.15) is 4.98 Å². The van der Waals surface area contributed by atoms with Crippen LogP contribution in [0.1, 0.15) is 17.8 Å². The van der Waals surface area contributed by atoms with E-state index < -0.39 is 5.41 Å². The van der Waals surface area contributed by atoms with Crippen LogP contribution < -0.4 is 0 Å². The second-order valence-electron chi connectivity index (χ2n) is 6.74. The molecule has 3 aromatic heterocycles. The summed E-state index contributed by atoms with van der Waals surface area (Å²) in [6, 6.07) is 8.25. The van der Waals surface area contributed by atoms with Crippen LogP contribution in [-0.2, 0) is 17.2 Å². The zero-order valence-corrected chi connectivity index (χ0v) is 14.6. The van der Waals surface area contributed by atoms with E-state index in [4.69, 9.17) is 9.26 Å². The molecule has 0 spiro atoms. The molecule has 1 fully saturated rings. The van der Waals surface area contributed by atoms with Gasteiger partial charge in [-0.25, -0.2) is 14.4 Å². The molecule has 5 rings (SSSR count). The van der Waals surface area contributed by atoms with Gasteiger partial charge in [0.05, 0.1) is 23.9 Å². The number of hydrogen-bond donors (Lipinski definition) is 0. The maximum atomic E-state index is 13.4. The van der Waals surface area contributed by atoms with E-state index in [1.165, 1.54) is 12.1 Å². The Morgan fingerprint density at radius 3 is 2.81 bits per heavy atom. The van der Waals surface area contributed by atoms with Gasteiger partial charge < -0.3 is 13.8 Å². The topological polar surface area (TPSA) is 78.9 Å². The molecule has 1 aliphatic rings. The van der Waals surface area contributed by atoms with Crippen molar-refractivity contribution in [3.8, 4) is 11.5 Å². The number of benzene rings is 1. The molecule has 1 aliphatic heterocycles. The molecular formula is C19H16FN5O2. The largest absolute Gasteiger partial charge is 0.380 e. The molecule has 0 amide bonds. The van der Waals surface area contributed by atoms with E-state index in [1.807, 2.05) is 17.7 Å². The normalized spacial score (nSPS) is 19.8. The maximum absolute atomic E-state index is 13.4. The third-order valence-corrected chi connectivity index (χ3v) is 5.07. The van der Waals surface area contributed by atoms with Gasteiger partial charge in [0.25, 0.3) is 5.89 Å². The van der Waals surface area contributed by atoms with Gasteiger partial charge in [0.15, 0.2) is 11.5 Å². The van der Waals surface area contributed by atoms with Crippen molar-refractivity contribution in [2.24, 2.45) is 7.05 Å². The van der Waals surface area contributed by atoms with Crippen molar-refractivity contribution >= 4 is 11.2 Å². The summed E-state index contributed by atoms with van der Waals surface area (Å²) < 4.78 is 26.4. The van der Waals surface area contributed by atoms with Crippen LogP contribution in [0.25, 0.3) is 22.6 Å². The Balaban J connectivity index is 1.57. The van der Waals surface area contributed by atoms with Crippen molar-refractivity contribution < 1.29 is 13.7 Å². The van der Waals surface area contributed by atoms with Gasteiger partial charge in [0, 0.05) is 19.9 Å². The van der Waals surface area contributed by atoms with Gasteiger partial charge in [0.1, 0.15) is 11.3 Å². The van der Waals surface area contributed by atoms with Crippen molar-refractivity contribution in [2.45, 2.75) is 11.8 Å². The second kappa shape index (κ2) is 5.95. The van der Waals surface area contributed by atoms with Gasteiger partial charge >= 0.3 is 0 Å². The number of imidazole rings is 1. The smallest absolute Gasteiger partial charge is 0.259 e. The molecule has 0 radical (unpaired) electrons. The average Bonchev–Trinajstić information content (AvgIpc) is 3.42. The van der Waals surface area contributed by atoms with E-state index in [0.717, 1.165) is 16.7 Å². The van der Waals surface area contributed by atoms with Crippen LogP contribution >= 0.6 is 0 Å². The maximum Gasteiger partial charge on any atom is 0.259 e. The van der Waals surface area contributed by atoms with Crippen molar-refractivity contribution in [1.29, 1.82) is 0 Å². The molecule has 0 saturated carbocycles. The fourth-order valence-corrected chi connectivity index (χ4v) is 3.54. The summed E-state index contributed by atoms with van der Waals surface area (Å²) in [5.74, 6) is 0.623. The molecule has 0 unspecified atom stereocenters. The summed E-state index contributed by atoms with van der Waals surface area (Å²) in [5.41, 5.74) is 2.61. The van der Waals surface area contributed by atoms with Crippen molar-refractivity contribution in [2.75, 3.05) is 13.2 Å². The number of halogens is 1. The fraction of sp³-hybridized carbons (Fsp3) is 0.263. The molecule has 1 saturated heterocycles. The molecule has 1 aromatic carbocycles. The predicted molar refractivity (Wildman–Crippen MR) is 94.4 cm³/mol. The number of ether oxygens (including phenoxy) is 1. The van der Waals surface area contributed by atoms with Crippen LogP contribution in [-0.4, -0.2) is 37.9 Å². The van der Waals surface area contributed by atoms with E-state index in [1.54, 1.807) is 24.7 Å². The van der Waals surface area contributed by atoms with Crippen LogP contribution in [0.5, 0.6) is 0 Å². The van der Waals surface area contributed by atoms with Crippen LogP contribution in [0.2, 0.25) is 0 Å². The molecule has 0 aliphatic carbocycles. The number of rotatable bonds is 3. The highest BCUT2D eigenvalue weighted by Crippen LogP contribution is 2.39. The highest BCUT2D eigenvalue weighted by molar-refractivity contribution is 5.75. The summed E-state index contributed by atoms with van der Waals surface area (Å²) in [6.07, 6.45) is 4.10. The third kappa shape index (κ3) is 2.52. The lowest BCUT2D eigenvalue weighted by Gasteiger charge is -2.23. The number of aryl methyl sites for hydroxylation is 1. The third-order valence-electron chi connectivity index (χ3n) is 5.07. The molecule has 0 N–H and O–H groups in total. The lowest BCUT2D eigenvalue weighted by molar-refractivity contribution is 0.182. The number of aromatic nitrogens is 5. The van der Waals surface area contributed by atoms with Crippen LogP contribution in [0.4, 0.5) is 4.39 Å². The van der Waals surface area contributed by atoms with Crippen LogP contribution in [0.15, 0.2) is 47.4 Å². The van der Waals surface area contributed by atoms with Crippen molar-refractivity contribution in [3.63, 3.8) is 0 Å². The van der Waals surface area contributed by atoms with Crippen molar-refractivity contribution in [1.82, 2.24) is 24.7 Å². The summed E-state index contributed by atoms with van der Waals surface area (Å²) in [7, 11) is 1.89. The van der Waals surface area contributed by atoms with E-state index in [-0.39, 0.29) is 5.82 Å². The van der Waals surface area contributed by atoms with Crippen molar-refractivity contribution in [3.05, 3.63) is 60.1 Å². The molecule has 4 heterocycles. The molecule has 27 heavy (non-hydrogen) atoms. The molecule has 136 valence electrons. The zero-order valence-electron chi connectivity index (χ0n) is 14.6. The molecule has 0 bridgehead atoms. The Bertz CT molecular complexity index is 1110. The molecule has 8 heteroatoms. The SMILES string of the molecule is Cn1cnc2cc(-c3nc([C@@]4(c5ccc(F)cc5)CCOC4)no3)cnc21. The Morgan fingerprint density at radius 2 is 2.04 bits per heavy atom. The fourth-order valence-electron chi connectivity index (χ4n) is 3.54. The average molecular weight is 365 g/mol. The zero-order chi connectivity index (χ0) is 18.4. The lowest BCUT2D eigenvalue weighted by Crippen LogP contribution is -2.29. The minimum Gasteiger partial charge on any atom is -0.380 e. The first-order chi connectivity index (χ1) is 13.2. The Kier molecular flexibility index (Phi) is 3.54. The van der Waals surface area contributed by atoms with Gasteiger partial charge in [-0.1, -0.05) is 17.3 Å². The number of fused-ring (bicyclic) bond motifs is 1. The minimum absolute atomic E-state index is 0.281. The van der Waals surface area contributed by atoms with E-state index >= 15 is 0 Å². The molecule has 1 atom stereocenters. The van der Waals surface area contributed by atoms with E-state index in [2.05, 4.69) is 20.1 Å². The monoisotopic (exact) mass is 365 g/mol. The first-order valence-corrected chi connectivity index (χ1v) is 8.61. The highest BCUT2D eigenvalue weighted by atomic mass is 19.1. The summed E-state index contributed by atoms with van der Waals surface area (Å²) in [6.45, 7) is 1.01. The minimum atomic E-state index is -0.544. The Morgan fingerprint density at radius 1 is 1.19 bits per heavy atom. The van der Waals surface area contributed by atoms with Crippen LogP contribution in [0.3, 0.4) is 0 Å².